The van der Waals surface area contributed by atoms with Crippen LogP contribution in [0, 0.1) is 0 Å². The van der Waals surface area contributed by atoms with Gasteiger partial charge in [0.25, 0.3) is 5.56 Å². The lowest BCUT2D eigenvalue weighted by atomic mass is 10.2. The number of hydrogen-bond donors (Lipinski definition) is 0. The van der Waals surface area contributed by atoms with Gasteiger partial charge in [-0.3, -0.25) is 4.79 Å². The maximum Gasteiger partial charge on any atom is 0.269 e. The number of ether oxygens (including phenoxy) is 1. The Morgan fingerprint density at radius 1 is 1.35 bits per heavy atom. The van der Waals surface area contributed by atoms with Crippen LogP contribution in [0.25, 0.3) is 0 Å². The lowest BCUT2D eigenvalue weighted by Crippen LogP contribution is -2.24. The number of hydrogen-bond acceptors (Lipinski definition) is 4. The van der Waals surface area contributed by atoms with E-state index >= 15 is 0 Å². The minimum absolute atomic E-state index is 0.141. The molecule has 0 radical (unpaired) electrons. The second-order valence-corrected chi connectivity index (χ2v) is 5.48. The summed E-state index contributed by atoms with van der Waals surface area (Å²) in [6.07, 6.45) is 1.67. The van der Waals surface area contributed by atoms with E-state index in [1.54, 1.807) is 19.4 Å². The van der Waals surface area contributed by atoms with Gasteiger partial charge in [-0.1, -0.05) is 15.9 Å². The first kappa shape index (κ1) is 14.6. The summed E-state index contributed by atoms with van der Waals surface area (Å²) < 4.78 is 7.65. The van der Waals surface area contributed by atoms with Crippen molar-refractivity contribution in [3.8, 4) is 5.75 Å². The largest absolute Gasteiger partial charge is 0.496 e. The molecule has 0 saturated heterocycles. The predicted octanol–water partition coefficient (Wildman–Crippen LogP) is 2.13. The van der Waals surface area contributed by atoms with E-state index in [0.717, 1.165) is 21.5 Å². The lowest BCUT2D eigenvalue weighted by molar-refractivity contribution is 0.406. The molecular weight excluding hydrogens is 322 g/mol. The number of halogens is 1. The third-order valence-corrected chi connectivity index (χ3v) is 3.43. The molecule has 0 fully saturated rings. The molecule has 1 heterocycles. The molecule has 0 bridgehead atoms. The average Bonchev–Trinajstić information content (AvgIpc) is 2.41. The summed E-state index contributed by atoms with van der Waals surface area (Å²) in [6, 6.07) is 7.25. The van der Waals surface area contributed by atoms with Crippen molar-refractivity contribution in [2.45, 2.75) is 6.54 Å². The second kappa shape index (κ2) is 6.09. The summed E-state index contributed by atoms with van der Waals surface area (Å²) in [4.78, 5) is 13.9. The predicted molar refractivity (Wildman–Crippen MR) is 82.6 cm³/mol. The van der Waals surface area contributed by atoms with Crippen LogP contribution in [0.2, 0.25) is 0 Å². The molecule has 0 aliphatic heterocycles. The van der Waals surface area contributed by atoms with Crippen LogP contribution in [0.15, 0.2) is 39.7 Å². The van der Waals surface area contributed by atoms with Crippen molar-refractivity contribution < 1.29 is 4.74 Å². The van der Waals surface area contributed by atoms with Crippen LogP contribution >= 0.6 is 15.9 Å². The molecule has 0 atom stereocenters. The Bertz CT molecular complexity index is 668. The number of aromatic nitrogens is 2. The van der Waals surface area contributed by atoms with E-state index in [0.29, 0.717) is 6.54 Å². The van der Waals surface area contributed by atoms with Crippen molar-refractivity contribution >= 4 is 21.6 Å². The van der Waals surface area contributed by atoms with Crippen LogP contribution in [0.3, 0.4) is 0 Å². The van der Waals surface area contributed by atoms with Crippen LogP contribution in [0.1, 0.15) is 5.56 Å². The molecule has 0 amide bonds. The zero-order valence-electron chi connectivity index (χ0n) is 11.6. The van der Waals surface area contributed by atoms with E-state index < -0.39 is 0 Å². The third-order valence-electron chi connectivity index (χ3n) is 2.93. The number of nitrogens with zero attached hydrogens (tertiary/aromatic N) is 3. The molecule has 0 N–H and O–H groups in total. The number of rotatable bonds is 4. The number of anilines is 1. The van der Waals surface area contributed by atoms with Crippen LogP contribution in [0.5, 0.6) is 5.75 Å². The fourth-order valence-electron chi connectivity index (χ4n) is 1.82. The molecule has 0 unspecified atom stereocenters. The molecule has 0 spiro atoms. The Balaban J connectivity index is 2.35. The Hall–Kier alpha value is -1.82. The highest BCUT2D eigenvalue weighted by Crippen LogP contribution is 2.23. The summed E-state index contributed by atoms with van der Waals surface area (Å²) in [5, 5.41) is 4.19. The normalized spacial score (nSPS) is 10.4. The molecule has 0 aliphatic carbocycles. The van der Waals surface area contributed by atoms with Gasteiger partial charge >= 0.3 is 0 Å². The van der Waals surface area contributed by atoms with E-state index in [4.69, 9.17) is 4.74 Å². The van der Waals surface area contributed by atoms with Gasteiger partial charge in [-0.25, -0.2) is 4.68 Å². The topological polar surface area (TPSA) is 47.4 Å². The van der Waals surface area contributed by atoms with Gasteiger partial charge in [0.1, 0.15) is 5.75 Å². The fraction of sp³-hybridized carbons (Fsp3) is 0.286. The van der Waals surface area contributed by atoms with Gasteiger partial charge in [0, 0.05) is 30.2 Å². The van der Waals surface area contributed by atoms with Gasteiger partial charge in [0.05, 0.1) is 25.5 Å². The zero-order valence-corrected chi connectivity index (χ0v) is 13.2. The fourth-order valence-corrected chi connectivity index (χ4v) is 2.23. The lowest BCUT2D eigenvalue weighted by Gasteiger charge is -2.13. The zero-order chi connectivity index (χ0) is 14.7. The van der Waals surface area contributed by atoms with Crippen molar-refractivity contribution in [1.29, 1.82) is 0 Å². The van der Waals surface area contributed by atoms with Crippen molar-refractivity contribution in [1.82, 2.24) is 9.78 Å². The van der Waals surface area contributed by atoms with Gasteiger partial charge in [-0.2, -0.15) is 5.10 Å². The molecule has 0 aliphatic rings. The van der Waals surface area contributed by atoms with E-state index in [1.165, 1.54) is 4.68 Å². The van der Waals surface area contributed by atoms with E-state index in [1.807, 2.05) is 37.2 Å². The monoisotopic (exact) mass is 337 g/mol. The van der Waals surface area contributed by atoms with Crippen LogP contribution in [-0.2, 0) is 6.54 Å². The number of methoxy groups -OCH3 is 1. The minimum atomic E-state index is -0.141. The SMILES string of the molecule is COc1ccc(Br)cc1Cn1ncc(N(C)C)cc1=O. The Kier molecular flexibility index (Phi) is 4.44. The van der Waals surface area contributed by atoms with Gasteiger partial charge in [0.15, 0.2) is 0 Å². The number of benzene rings is 1. The molecule has 2 rings (SSSR count). The van der Waals surface area contributed by atoms with Crippen molar-refractivity contribution in [3.63, 3.8) is 0 Å². The van der Waals surface area contributed by atoms with Crippen LogP contribution in [-0.4, -0.2) is 31.0 Å². The first-order valence-electron chi connectivity index (χ1n) is 6.08. The highest BCUT2D eigenvalue weighted by molar-refractivity contribution is 9.10. The molecule has 106 valence electrons. The second-order valence-electron chi connectivity index (χ2n) is 4.56. The first-order chi connectivity index (χ1) is 9.51. The Morgan fingerprint density at radius 2 is 2.10 bits per heavy atom. The molecule has 2 aromatic rings. The summed E-state index contributed by atoms with van der Waals surface area (Å²) in [5.41, 5.74) is 1.54. The van der Waals surface area contributed by atoms with Gasteiger partial charge in [-0.15, -0.1) is 0 Å². The quantitative estimate of drug-likeness (QED) is 0.857. The van der Waals surface area contributed by atoms with E-state index in [2.05, 4.69) is 21.0 Å². The summed E-state index contributed by atoms with van der Waals surface area (Å²) in [7, 11) is 5.36. The van der Waals surface area contributed by atoms with Crippen LogP contribution in [0.4, 0.5) is 5.69 Å². The van der Waals surface area contributed by atoms with Gasteiger partial charge in [-0.05, 0) is 18.2 Å². The van der Waals surface area contributed by atoms with Gasteiger partial charge < -0.3 is 9.64 Å². The summed E-state index contributed by atoms with van der Waals surface area (Å²) in [5.74, 6) is 0.735. The minimum Gasteiger partial charge on any atom is -0.496 e. The molecule has 6 heteroatoms. The van der Waals surface area contributed by atoms with E-state index in [-0.39, 0.29) is 5.56 Å². The summed E-state index contributed by atoms with van der Waals surface area (Å²) >= 11 is 3.42. The summed E-state index contributed by atoms with van der Waals surface area (Å²) in [6.45, 7) is 0.370. The molecule has 20 heavy (non-hydrogen) atoms. The maximum atomic E-state index is 12.1. The smallest absolute Gasteiger partial charge is 0.269 e. The Labute approximate surface area is 125 Å². The van der Waals surface area contributed by atoms with Crippen LogP contribution < -0.4 is 15.2 Å². The maximum absolute atomic E-state index is 12.1. The van der Waals surface area contributed by atoms with Gasteiger partial charge in [0.2, 0.25) is 0 Å². The highest BCUT2D eigenvalue weighted by atomic mass is 79.9. The molecule has 5 nitrogen and oxygen atoms in total. The van der Waals surface area contributed by atoms with Crippen molar-refractivity contribution in [2.75, 3.05) is 26.1 Å². The van der Waals surface area contributed by atoms with Crippen molar-refractivity contribution in [2.24, 2.45) is 0 Å². The highest BCUT2D eigenvalue weighted by Gasteiger charge is 2.07. The Morgan fingerprint density at radius 3 is 2.70 bits per heavy atom. The molecule has 1 aromatic carbocycles. The molecule has 0 saturated carbocycles. The molecular formula is C14H16BrN3O2. The first-order valence-corrected chi connectivity index (χ1v) is 6.87. The average molecular weight is 338 g/mol. The third kappa shape index (κ3) is 3.19. The van der Waals surface area contributed by atoms with E-state index in [9.17, 15) is 4.79 Å². The van der Waals surface area contributed by atoms with Crippen molar-refractivity contribution in [3.05, 3.63) is 50.9 Å². The standard InChI is InChI=1S/C14H16BrN3O2/c1-17(2)12-7-14(19)18(16-8-12)9-10-6-11(15)4-5-13(10)20-3/h4-8H,9H2,1-3H3. The molecule has 1 aromatic heterocycles.